The highest BCUT2D eigenvalue weighted by Crippen LogP contribution is 2.40. The standard InChI is InChI=1S/C58H38N2O/c1-5-17-39(18-6-1)47-33-48(40-19-7-2-8-20-40)36-51(35-47)45-27-15-25-43(31-45)44-26-16-28-46(32-44)58-59-55(57-56(60-58)53-29-13-14-30-54(53)61-57)52-37-49(41-21-9-3-10-22-41)34-50(38-52)42-23-11-4-12-24-42/h1-38H. The van der Waals surface area contributed by atoms with Crippen LogP contribution in [0.2, 0.25) is 0 Å². The maximum Gasteiger partial charge on any atom is 0.180 e. The van der Waals surface area contributed by atoms with E-state index in [-0.39, 0.29) is 0 Å². The van der Waals surface area contributed by atoms with Crippen LogP contribution in [0.1, 0.15) is 0 Å². The van der Waals surface area contributed by atoms with Crippen molar-refractivity contribution < 1.29 is 4.42 Å². The molecule has 0 fully saturated rings. The third kappa shape index (κ3) is 7.09. The van der Waals surface area contributed by atoms with E-state index in [9.17, 15) is 0 Å². The molecular weight excluding hydrogens is 741 g/mol. The van der Waals surface area contributed by atoms with E-state index < -0.39 is 0 Å². The molecule has 0 bridgehead atoms. The number of para-hydroxylation sites is 1. The first-order valence-corrected chi connectivity index (χ1v) is 20.6. The second-order valence-corrected chi connectivity index (χ2v) is 15.4. The van der Waals surface area contributed by atoms with Crippen LogP contribution in [0.5, 0.6) is 0 Å². The summed E-state index contributed by atoms with van der Waals surface area (Å²) in [5, 5.41) is 0.960. The number of nitrogens with zero attached hydrogens (tertiary/aromatic N) is 2. The molecule has 0 saturated heterocycles. The van der Waals surface area contributed by atoms with Crippen LogP contribution in [0, 0.1) is 0 Å². The molecule has 2 heterocycles. The van der Waals surface area contributed by atoms with E-state index in [1.165, 1.54) is 22.3 Å². The minimum absolute atomic E-state index is 0.640. The van der Waals surface area contributed by atoms with Gasteiger partial charge in [0.15, 0.2) is 11.4 Å². The zero-order valence-electron chi connectivity index (χ0n) is 33.2. The third-order valence-electron chi connectivity index (χ3n) is 11.4. The van der Waals surface area contributed by atoms with Crippen molar-refractivity contribution in [2.75, 3.05) is 0 Å². The number of hydrogen-bond donors (Lipinski definition) is 0. The predicted molar refractivity (Wildman–Crippen MR) is 253 cm³/mol. The molecule has 0 aliphatic rings. The number of hydrogen-bond acceptors (Lipinski definition) is 3. The fourth-order valence-electron chi connectivity index (χ4n) is 8.38. The first-order chi connectivity index (χ1) is 30.2. The van der Waals surface area contributed by atoms with Gasteiger partial charge in [-0.15, -0.1) is 0 Å². The van der Waals surface area contributed by atoms with Crippen LogP contribution in [0.25, 0.3) is 111 Å². The highest BCUT2D eigenvalue weighted by Gasteiger charge is 2.20. The Bertz CT molecular complexity index is 3220. The second kappa shape index (κ2) is 15.6. The van der Waals surface area contributed by atoms with Crippen molar-refractivity contribution in [3.05, 3.63) is 231 Å². The van der Waals surface area contributed by atoms with Crippen LogP contribution in [0.15, 0.2) is 235 Å². The average molecular weight is 779 g/mol. The van der Waals surface area contributed by atoms with Crippen molar-refractivity contribution in [3.8, 4) is 89.4 Å². The van der Waals surface area contributed by atoms with Crippen LogP contribution >= 0.6 is 0 Å². The maximum absolute atomic E-state index is 6.62. The van der Waals surface area contributed by atoms with Gasteiger partial charge in [0, 0.05) is 16.5 Å². The van der Waals surface area contributed by atoms with Gasteiger partial charge in [0.1, 0.15) is 16.8 Å². The summed E-state index contributed by atoms with van der Waals surface area (Å²) in [6.07, 6.45) is 0. The van der Waals surface area contributed by atoms with Crippen molar-refractivity contribution in [1.82, 2.24) is 9.97 Å². The predicted octanol–water partition coefficient (Wildman–Crippen LogP) is 15.7. The molecule has 0 aliphatic heterocycles. The van der Waals surface area contributed by atoms with Gasteiger partial charge in [-0.1, -0.05) is 170 Å². The first kappa shape index (κ1) is 36.0. The molecule has 11 aromatic rings. The summed E-state index contributed by atoms with van der Waals surface area (Å²) in [5.74, 6) is 0.640. The topological polar surface area (TPSA) is 38.9 Å². The lowest BCUT2D eigenvalue weighted by molar-refractivity contribution is 0.667. The summed E-state index contributed by atoms with van der Waals surface area (Å²) in [7, 11) is 0. The summed E-state index contributed by atoms with van der Waals surface area (Å²) in [4.78, 5) is 10.6. The Morgan fingerprint density at radius 2 is 0.607 bits per heavy atom. The van der Waals surface area contributed by atoms with Crippen LogP contribution in [0.3, 0.4) is 0 Å². The van der Waals surface area contributed by atoms with E-state index in [0.29, 0.717) is 11.4 Å². The molecule has 0 saturated carbocycles. The van der Waals surface area contributed by atoms with Gasteiger partial charge >= 0.3 is 0 Å². The Balaban J connectivity index is 1.05. The monoisotopic (exact) mass is 778 g/mol. The largest absolute Gasteiger partial charge is 0.452 e. The van der Waals surface area contributed by atoms with E-state index in [1.807, 2.05) is 18.2 Å². The molecule has 3 nitrogen and oxygen atoms in total. The second-order valence-electron chi connectivity index (χ2n) is 15.4. The molecule has 0 aliphatic carbocycles. The van der Waals surface area contributed by atoms with Gasteiger partial charge < -0.3 is 4.42 Å². The quantitative estimate of drug-likeness (QED) is 0.154. The summed E-state index contributed by atoms with van der Waals surface area (Å²) < 4.78 is 6.62. The maximum atomic E-state index is 6.62. The molecule has 3 heteroatoms. The third-order valence-corrected chi connectivity index (χ3v) is 11.4. The normalized spacial score (nSPS) is 11.3. The van der Waals surface area contributed by atoms with E-state index in [2.05, 4.69) is 212 Å². The first-order valence-electron chi connectivity index (χ1n) is 20.6. The molecule has 0 unspecified atom stereocenters. The average Bonchev–Trinajstić information content (AvgIpc) is 3.73. The number of aromatic nitrogens is 2. The van der Waals surface area contributed by atoms with Crippen molar-refractivity contribution >= 4 is 22.1 Å². The van der Waals surface area contributed by atoms with Gasteiger partial charge in [-0.05, 0) is 127 Å². The lowest BCUT2D eigenvalue weighted by Gasteiger charge is -2.13. The molecule has 9 aromatic carbocycles. The fraction of sp³-hybridized carbons (Fsp3) is 0. The Labute approximate surface area is 354 Å². The molecule has 286 valence electrons. The van der Waals surface area contributed by atoms with E-state index >= 15 is 0 Å². The zero-order chi connectivity index (χ0) is 40.5. The Hall–Kier alpha value is -8.14. The fourth-order valence-corrected chi connectivity index (χ4v) is 8.38. The van der Waals surface area contributed by atoms with Crippen LogP contribution in [-0.2, 0) is 0 Å². The number of benzene rings is 9. The lowest BCUT2D eigenvalue weighted by atomic mass is 9.92. The molecule has 11 rings (SSSR count). The molecule has 0 amide bonds. The van der Waals surface area contributed by atoms with Crippen molar-refractivity contribution in [2.45, 2.75) is 0 Å². The minimum atomic E-state index is 0.640. The Morgan fingerprint density at radius 1 is 0.262 bits per heavy atom. The van der Waals surface area contributed by atoms with E-state index in [1.54, 1.807) is 0 Å². The Morgan fingerprint density at radius 3 is 1.10 bits per heavy atom. The van der Waals surface area contributed by atoms with Crippen LogP contribution in [0.4, 0.5) is 0 Å². The Kier molecular flexibility index (Phi) is 9.18. The van der Waals surface area contributed by atoms with Crippen molar-refractivity contribution in [1.29, 1.82) is 0 Å². The van der Waals surface area contributed by atoms with Crippen LogP contribution < -0.4 is 0 Å². The molecule has 2 aromatic heterocycles. The van der Waals surface area contributed by atoms with Gasteiger partial charge in [-0.25, -0.2) is 9.97 Å². The molecule has 0 N–H and O–H groups in total. The zero-order valence-corrected chi connectivity index (χ0v) is 33.2. The van der Waals surface area contributed by atoms with Gasteiger partial charge in [0.05, 0.1) is 0 Å². The van der Waals surface area contributed by atoms with Gasteiger partial charge in [-0.3, -0.25) is 0 Å². The highest BCUT2D eigenvalue weighted by atomic mass is 16.3. The van der Waals surface area contributed by atoms with Crippen molar-refractivity contribution in [2.24, 2.45) is 0 Å². The van der Waals surface area contributed by atoms with E-state index in [0.717, 1.165) is 77.8 Å². The molecule has 0 radical (unpaired) electrons. The smallest absolute Gasteiger partial charge is 0.180 e. The molecule has 61 heavy (non-hydrogen) atoms. The summed E-state index contributed by atoms with van der Waals surface area (Å²) in [5.41, 5.74) is 18.6. The van der Waals surface area contributed by atoms with Gasteiger partial charge in [0.2, 0.25) is 0 Å². The van der Waals surface area contributed by atoms with E-state index in [4.69, 9.17) is 14.4 Å². The number of furan rings is 1. The summed E-state index contributed by atoms with van der Waals surface area (Å²) >= 11 is 0. The molecule has 0 atom stereocenters. The summed E-state index contributed by atoms with van der Waals surface area (Å²) in [6.45, 7) is 0. The lowest BCUT2D eigenvalue weighted by Crippen LogP contribution is -1.95. The molecule has 0 spiro atoms. The number of fused-ring (bicyclic) bond motifs is 3. The van der Waals surface area contributed by atoms with Crippen molar-refractivity contribution in [3.63, 3.8) is 0 Å². The number of rotatable bonds is 8. The SMILES string of the molecule is c1ccc(-c2cc(-c3ccccc3)cc(-c3cccc(-c4cccc(-c5nc(-c6cc(-c7ccccc7)cc(-c7ccccc7)c6)c6oc7ccccc7c6n5)c4)c3)c2)cc1. The van der Waals surface area contributed by atoms with Crippen LogP contribution in [-0.4, -0.2) is 9.97 Å². The highest BCUT2D eigenvalue weighted by molar-refractivity contribution is 6.07. The molecular formula is C58H38N2O. The summed E-state index contributed by atoms with van der Waals surface area (Å²) in [6, 6.07) is 81.4. The van der Waals surface area contributed by atoms with Gasteiger partial charge in [-0.2, -0.15) is 0 Å². The van der Waals surface area contributed by atoms with Gasteiger partial charge in [0.25, 0.3) is 0 Å². The minimum Gasteiger partial charge on any atom is -0.452 e.